The fraction of sp³-hybridized carbons (Fsp3) is 0.571. The molecule has 0 saturated heterocycles. The minimum Gasteiger partial charge on any atom is -0.489 e. The number of rotatable bonds is 3. The zero-order valence-corrected chi connectivity index (χ0v) is 10.9. The highest BCUT2D eigenvalue weighted by atomic mass is 16.5. The van der Waals surface area contributed by atoms with Crippen molar-refractivity contribution in [2.24, 2.45) is 0 Å². The first-order chi connectivity index (χ1) is 8.20. The van der Waals surface area contributed by atoms with Gasteiger partial charge in [-0.15, -0.1) is 0 Å². The lowest BCUT2D eigenvalue weighted by molar-refractivity contribution is 0.244. The van der Waals surface area contributed by atoms with E-state index < -0.39 is 0 Å². The van der Waals surface area contributed by atoms with Gasteiger partial charge in [0.15, 0.2) is 0 Å². The Morgan fingerprint density at radius 1 is 1.41 bits per heavy atom. The maximum atomic E-state index is 5.83. The molecule has 1 atom stereocenters. The quantitative estimate of drug-likeness (QED) is 0.840. The lowest BCUT2D eigenvalue weighted by Gasteiger charge is -2.18. The summed E-state index contributed by atoms with van der Waals surface area (Å²) in [6.07, 6.45) is 2.50. The average molecular weight is 234 g/mol. The highest BCUT2D eigenvalue weighted by Crippen LogP contribution is 2.35. The molecule has 0 amide bonds. The molecular formula is C14H22N2O. The van der Waals surface area contributed by atoms with Gasteiger partial charge in [-0.3, -0.25) is 0 Å². The fourth-order valence-electron chi connectivity index (χ4n) is 2.16. The van der Waals surface area contributed by atoms with Crippen molar-refractivity contribution in [3.05, 3.63) is 18.2 Å². The van der Waals surface area contributed by atoms with E-state index in [-0.39, 0.29) is 6.10 Å². The van der Waals surface area contributed by atoms with Crippen molar-refractivity contribution in [1.29, 1.82) is 0 Å². The molecule has 3 heteroatoms. The van der Waals surface area contributed by atoms with Gasteiger partial charge in [0.05, 0.1) is 11.8 Å². The minimum atomic E-state index is 0.202. The summed E-state index contributed by atoms with van der Waals surface area (Å²) in [6.45, 7) is 7.32. The van der Waals surface area contributed by atoms with E-state index >= 15 is 0 Å². The summed E-state index contributed by atoms with van der Waals surface area (Å²) < 4.78 is 5.83. The van der Waals surface area contributed by atoms with Crippen LogP contribution in [0.25, 0.3) is 0 Å². The third kappa shape index (κ3) is 2.84. The van der Waals surface area contributed by atoms with Gasteiger partial charge in [0.2, 0.25) is 0 Å². The molecule has 3 nitrogen and oxygen atoms in total. The fourth-order valence-corrected chi connectivity index (χ4v) is 2.16. The summed E-state index contributed by atoms with van der Waals surface area (Å²) in [5.41, 5.74) is 2.27. The van der Waals surface area contributed by atoms with E-state index in [1.165, 1.54) is 0 Å². The van der Waals surface area contributed by atoms with Crippen molar-refractivity contribution in [3.63, 3.8) is 0 Å². The molecule has 0 bridgehead atoms. The third-order valence-corrected chi connectivity index (χ3v) is 3.04. The number of para-hydroxylation sites is 1. The van der Waals surface area contributed by atoms with Gasteiger partial charge in [0, 0.05) is 12.6 Å². The lowest BCUT2D eigenvalue weighted by Crippen LogP contribution is -2.18. The van der Waals surface area contributed by atoms with Gasteiger partial charge in [0.1, 0.15) is 11.4 Å². The molecular weight excluding hydrogens is 212 g/mol. The Hall–Kier alpha value is -1.38. The molecule has 1 aromatic rings. The van der Waals surface area contributed by atoms with E-state index in [0.717, 1.165) is 36.5 Å². The smallest absolute Gasteiger partial charge is 0.144 e. The molecule has 0 aliphatic carbocycles. The van der Waals surface area contributed by atoms with Crippen molar-refractivity contribution in [3.8, 4) is 5.75 Å². The molecule has 17 heavy (non-hydrogen) atoms. The van der Waals surface area contributed by atoms with E-state index in [1.54, 1.807) is 0 Å². The molecule has 1 unspecified atom stereocenters. The number of benzene rings is 1. The second-order valence-electron chi connectivity index (χ2n) is 4.81. The van der Waals surface area contributed by atoms with Gasteiger partial charge in [0.25, 0.3) is 0 Å². The minimum absolute atomic E-state index is 0.202. The van der Waals surface area contributed by atoms with Crippen LogP contribution >= 0.6 is 0 Å². The van der Waals surface area contributed by atoms with Gasteiger partial charge >= 0.3 is 0 Å². The molecule has 2 rings (SSSR count). The number of fused-ring (bicyclic) bond motifs is 1. The van der Waals surface area contributed by atoms with Crippen molar-refractivity contribution >= 4 is 11.4 Å². The summed E-state index contributed by atoms with van der Waals surface area (Å²) in [7, 11) is 0. The Kier molecular flexibility index (Phi) is 3.77. The molecule has 0 fully saturated rings. The van der Waals surface area contributed by atoms with Crippen LogP contribution in [0.3, 0.4) is 0 Å². The number of nitrogens with one attached hydrogen (secondary N) is 2. The molecule has 1 aliphatic rings. The van der Waals surface area contributed by atoms with Crippen LogP contribution in [0.4, 0.5) is 11.4 Å². The Morgan fingerprint density at radius 2 is 2.24 bits per heavy atom. The summed E-state index contributed by atoms with van der Waals surface area (Å²) in [5.74, 6) is 0.946. The Balaban J connectivity index is 2.27. The predicted molar refractivity (Wildman–Crippen MR) is 73.0 cm³/mol. The van der Waals surface area contributed by atoms with Gasteiger partial charge < -0.3 is 15.4 Å². The first-order valence-electron chi connectivity index (χ1n) is 6.50. The topological polar surface area (TPSA) is 33.3 Å². The largest absolute Gasteiger partial charge is 0.489 e. The number of anilines is 2. The summed E-state index contributed by atoms with van der Waals surface area (Å²) in [5, 5.41) is 7.06. The molecule has 1 aliphatic heterocycles. The molecule has 2 N–H and O–H groups in total. The maximum absolute atomic E-state index is 5.83. The number of hydrogen-bond acceptors (Lipinski definition) is 3. The summed E-state index contributed by atoms with van der Waals surface area (Å²) in [6, 6.07) is 6.74. The van der Waals surface area contributed by atoms with Crippen molar-refractivity contribution in [2.45, 2.75) is 45.8 Å². The van der Waals surface area contributed by atoms with Crippen LogP contribution in [0, 0.1) is 0 Å². The van der Waals surface area contributed by atoms with Crippen molar-refractivity contribution in [2.75, 3.05) is 17.2 Å². The van der Waals surface area contributed by atoms with Gasteiger partial charge in [-0.05, 0) is 38.8 Å². The highest BCUT2D eigenvalue weighted by Gasteiger charge is 2.17. The number of ether oxygens (including phenoxy) is 1. The van der Waals surface area contributed by atoms with E-state index in [4.69, 9.17) is 4.74 Å². The predicted octanol–water partition coefficient (Wildman–Crippen LogP) is 3.48. The Morgan fingerprint density at radius 3 is 2.94 bits per heavy atom. The molecule has 0 saturated carbocycles. The Bertz CT molecular complexity index is 376. The zero-order chi connectivity index (χ0) is 12.3. The summed E-state index contributed by atoms with van der Waals surface area (Å²) in [4.78, 5) is 0. The molecule has 94 valence electrons. The molecule has 1 heterocycles. The van der Waals surface area contributed by atoms with Crippen LogP contribution in [-0.2, 0) is 0 Å². The van der Waals surface area contributed by atoms with Gasteiger partial charge in [-0.1, -0.05) is 13.0 Å². The Labute approximate surface area is 104 Å². The lowest BCUT2D eigenvalue weighted by atomic mass is 10.1. The molecule has 1 aromatic carbocycles. The average Bonchev–Trinajstić information content (AvgIpc) is 2.50. The first kappa shape index (κ1) is 12.1. The van der Waals surface area contributed by atoms with Crippen LogP contribution in [0.5, 0.6) is 5.75 Å². The van der Waals surface area contributed by atoms with Gasteiger partial charge in [-0.2, -0.15) is 0 Å². The van der Waals surface area contributed by atoms with E-state index in [2.05, 4.69) is 37.5 Å². The van der Waals surface area contributed by atoms with Crippen LogP contribution in [-0.4, -0.2) is 18.7 Å². The van der Waals surface area contributed by atoms with Crippen LogP contribution in [0.1, 0.15) is 33.6 Å². The molecule has 0 aromatic heterocycles. The summed E-state index contributed by atoms with van der Waals surface area (Å²) >= 11 is 0. The standard InChI is InChI=1S/C14H22N2O/c1-4-11-8-9-15-14-12(16-11)6-5-7-13(14)17-10(2)3/h5-7,10-11,15-16H,4,8-9H2,1-3H3. The van der Waals surface area contributed by atoms with E-state index in [1.807, 2.05) is 12.1 Å². The van der Waals surface area contributed by atoms with Crippen molar-refractivity contribution < 1.29 is 4.74 Å². The first-order valence-corrected chi connectivity index (χ1v) is 6.50. The van der Waals surface area contributed by atoms with Crippen LogP contribution in [0.2, 0.25) is 0 Å². The van der Waals surface area contributed by atoms with E-state index in [9.17, 15) is 0 Å². The highest BCUT2D eigenvalue weighted by molar-refractivity contribution is 5.76. The van der Waals surface area contributed by atoms with Crippen molar-refractivity contribution in [1.82, 2.24) is 0 Å². The molecule has 0 spiro atoms. The second kappa shape index (κ2) is 5.30. The normalized spacial score (nSPS) is 18.9. The third-order valence-electron chi connectivity index (χ3n) is 3.04. The van der Waals surface area contributed by atoms with E-state index in [0.29, 0.717) is 6.04 Å². The van der Waals surface area contributed by atoms with Crippen LogP contribution < -0.4 is 15.4 Å². The van der Waals surface area contributed by atoms with Gasteiger partial charge in [-0.25, -0.2) is 0 Å². The monoisotopic (exact) mass is 234 g/mol. The SMILES string of the molecule is CCC1CCNc2c(cccc2OC(C)C)N1. The van der Waals surface area contributed by atoms with Crippen LogP contribution in [0.15, 0.2) is 18.2 Å². The molecule has 0 radical (unpaired) electrons. The maximum Gasteiger partial charge on any atom is 0.144 e. The second-order valence-corrected chi connectivity index (χ2v) is 4.81. The zero-order valence-electron chi connectivity index (χ0n) is 10.9. The number of hydrogen-bond donors (Lipinski definition) is 2.